The molecule has 0 N–H and O–H groups in total. The first-order valence-electron chi connectivity index (χ1n) is 7.88. The number of anilines is 1. The molecule has 4 rings (SSSR count). The number of fused-ring (bicyclic) bond motifs is 2. The molecule has 0 aromatic heterocycles. The molecule has 0 spiro atoms. The van der Waals surface area contributed by atoms with E-state index >= 15 is 0 Å². The highest BCUT2D eigenvalue weighted by Crippen LogP contribution is 2.26. The normalized spacial score (nSPS) is 14.4. The van der Waals surface area contributed by atoms with Crippen LogP contribution in [0, 0.1) is 0 Å². The van der Waals surface area contributed by atoms with Gasteiger partial charge in [-0.1, -0.05) is 0 Å². The third-order valence-electron chi connectivity index (χ3n) is 4.48. The molecule has 0 unspecified atom stereocenters. The van der Waals surface area contributed by atoms with Gasteiger partial charge in [-0.3, -0.25) is 0 Å². The van der Waals surface area contributed by atoms with Crippen molar-refractivity contribution in [1.29, 1.82) is 0 Å². The molecule has 2 aliphatic heterocycles. The largest absolute Gasteiger partial charge is 0.452 e. The van der Waals surface area contributed by atoms with Gasteiger partial charge in [0.15, 0.2) is 11.3 Å². The number of rotatable bonds is 2. The van der Waals surface area contributed by atoms with Gasteiger partial charge in [0, 0.05) is 31.4 Å². The molecule has 1 saturated heterocycles. The first kappa shape index (κ1) is 13.3. The van der Waals surface area contributed by atoms with E-state index in [0.29, 0.717) is 0 Å². The zero-order chi connectivity index (χ0) is 15.1. The van der Waals surface area contributed by atoms with E-state index < -0.39 is 0 Å². The second-order valence-corrected chi connectivity index (χ2v) is 5.87. The van der Waals surface area contributed by atoms with Gasteiger partial charge in [-0.25, -0.2) is 9.56 Å². The van der Waals surface area contributed by atoms with E-state index in [1.807, 2.05) is 6.07 Å². The van der Waals surface area contributed by atoms with E-state index in [1.54, 1.807) is 0 Å². The van der Waals surface area contributed by atoms with E-state index in [2.05, 4.69) is 53.8 Å². The molecule has 4 nitrogen and oxygen atoms in total. The number of benzene rings is 2. The first-order valence-corrected chi connectivity index (χ1v) is 7.88. The molecule has 22 heavy (non-hydrogen) atoms. The van der Waals surface area contributed by atoms with Crippen LogP contribution in [0.3, 0.4) is 0 Å². The van der Waals surface area contributed by atoms with Crippen LogP contribution in [0.25, 0.3) is 22.6 Å². The Hall–Kier alpha value is -2.36. The van der Waals surface area contributed by atoms with Crippen LogP contribution in [-0.2, 0) is 0 Å². The molecule has 0 amide bonds. The molecule has 4 heteroatoms. The summed E-state index contributed by atoms with van der Waals surface area (Å²) in [7, 11) is 2.08. The lowest BCUT2D eigenvalue weighted by molar-refractivity contribution is 0.432. The van der Waals surface area contributed by atoms with Crippen molar-refractivity contribution in [2.75, 3.05) is 31.6 Å². The van der Waals surface area contributed by atoms with Gasteiger partial charge in [0.05, 0.1) is 12.5 Å². The predicted molar refractivity (Wildman–Crippen MR) is 89.2 cm³/mol. The zero-order valence-electron chi connectivity index (χ0n) is 13.0. The van der Waals surface area contributed by atoms with Crippen molar-refractivity contribution in [2.24, 2.45) is 0 Å². The fraction of sp³-hybridized carbons (Fsp3) is 0.333. The van der Waals surface area contributed by atoms with Gasteiger partial charge in [0.25, 0.3) is 0 Å². The number of hydrogen-bond acceptors (Lipinski definition) is 3. The Morgan fingerprint density at radius 3 is 2.77 bits per heavy atom. The van der Waals surface area contributed by atoms with E-state index in [0.717, 1.165) is 47.9 Å². The average Bonchev–Trinajstić information content (AvgIpc) is 2.50. The maximum absolute atomic E-state index is 6.13. The molecule has 0 bridgehead atoms. The minimum absolute atomic E-state index is 0.839. The minimum Gasteiger partial charge on any atom is -0.452 e. The third-order valence-corrected chi connectivity index (χ3v) is 4.48. The highest BCUT2D eigenvalue weighted by atomic mass is 16.3. The van der Waals surface area contributed by atoms with Crippen molar-refractivity contribution in [3.05, 3.63) is 41.8 Å². The topological polar surface area (TPSA) is 32.3 Å². The van der Waals surface area contributed by atoms with Crippen molar-refractivity contribution in [3.63, 3.8) is 0 Å². The molecule has 1 aliphatic carbocycles. The summed E-state index contributed by atoms with van der Waals surface area (Å²) in [5.74, 6) is 0.855. The summed E-state index contributed by atoms with van der Waals surface area (Å²) in [6.45, 7) is 5.38. The molecule has 1 aromatic carbocycles. The lowest BCUT2D eigenvalue weighted by Crippen LogP contribution is -2.40. The van der Waals surface area contributed by atoms with Crippen molar-refractivity contribution in [3.8, 4) is 11.5 Å². The fourth-order valence-corrected chi connectivity index (χ4v) is 2.79. The molecular weight excluding hydrogens is 274 g/mol. The zero-order valence-corrected chi connectivity index (χ0v) is 13.0. The molecular formula is C18H20N3O+. The first-order chi connectivity index (χ1) is 10.7. The third kappa shape index (κ3) is 2.15. The van der Waals surface area contributed by atoms with E-state index in [-0.39, 0.29) is 0 Å². The summed E-state index contributed by atoms with van der Waals surface area (Å²) in [5, 5.41) is 1.23. The molecule has 0 radical (unpaired) electrons. The quantitative estimate of drug-likeness (QED) is 0.538. The maximum Gasteiger partial charge on any atom is 0.203 e. The SMILES string of the molecule is CCN(C)c1ccc2nc3ccc(=[N+]4CCC4)cc-3oc2c1. The van der Waals surface area contributed by atoms with Crippen molar-refractivity contribution in [2.45, 2.75) is 13.3 Å². The Kier molecular flexibility index (Phi) is 3.10. The fourth-order valence-electron chi connectivity index (χ4n) is 2.79. The predicted octanol–water partition coefficient (Wildman–Crippen LogP) is 2.56. The monoisotopic (exact) mass is 294 g/mol. The van der Waals surface area contributed by atoms with Crippen LogP contribution in [-0.4, -0.2) is 31.7 Å². The number of hydrogen-bond donors (Lipinski definition) is 0. The highest BCUT2D eigenvalue weighted by molar-refractivity contribution is 5.80. The van der Waals surface area contributed by atoms with E-state index in [4.69, 9.17) is 9.40 Å². The Morgan fingerprint density at radius 2 is 2.05 bits per heavy atom. The minimum atomic E-state index is 0.839. The highest BCUT2D eigenvalue weighted by Gasteiger charge is 2.18. The number of nitrogens with zero attached hydrogens (tertiary/aromatic N) is 3. The van der Waals surface area contributed by atoms with Gasteiger partial charge >= 0.3 is 0 Å². The standard InChI is InChI=1S/C18H20N3O/c1-3-20(2)13-5-7-15-17(11-13)22-18-12-14(21-9-4-10-21)6-8-16(18)19-15/h5-8,11-12H,3-4,9-10H2,1-2H3/q+1. The van der Waals surface area contributed by atoms with Crippen LogP contribution in [0.2, 0.25) is 0 Å². The lowest BCUT2D eigenvalue weighted by atomic mass is 10.2. The van der Waals surface area contributed by atoms with E-state index in [9.17, 15) is 0 Å². The Labute approximate surface area is 129 Å². The van der Waals surface area contributed by atoms with Crippen LogP contribution in [0.5, 0.6) is 0 Å². The van der Waals surface area contributed by atoms with Gasteiger partial charge in [0.1, 0.15) is 24.3 Å². The second kappa shape index (κ2) is 5.13. The van der Waals surface area contributed by atoms with Gasteiger partial charge in [0.2, 0.25) is 5.36 Å². The van der Waals surface area contributed by atoms with Crippen molar-refractivity contribution >= 4 is 16.8 Å². The molecule has 0 saturated carbocycles. The summed E-state index contributed by atoms with van der Waals surface area (Å²) in [4.78, 5) is 6.91. The van der Waals surface area contributed by atoms with Crippen molar-refractivity contribution < 1.29 is 4.42 Å². The average molecular weight is 294 g/mol. The molecule has 0 atom stereocenters. The van der Waals surface area contributed by atoms with Crippen LogP contribution >= 0.6 is 0 Å². The lowest BCUT2D eigenvalue weighted by Gasteiger charge is -2.17. The van der Waals surface area contributed by atoms with Crippen LogP contribution < -0.4 is 14.8 Å². The summed E-state index contributed by atoms with van der Waals surface area (Å²) in [6.07, 6.45) is 1.28. The van der Waals surface area contributed by atoms with Gasteiger partial charge < -0.3 is 9.32 Å². The molecule has 1 aromatic rings. The summed E-state index contributed by atoms with van der Waals surface area (Å²) >= 11 is 0. The Balaban J connectivity index is 1.91. The van der Waals surface area contributed by atoms with Crippen LogP contribution in [0.15, 0.2) is 40.8 Å². The molecule has 2 heterocycles. The van der Waals surface area contributed by atoms with Crippen LogP contribution in [0.4, 0.5) is 5.69 Å². The smallest absolute Gasteiger partial charge is 0.203 e. The van der Waals surface area contributed by atoms with E-state index in [1.165, 1.54) is 11.8 Å². The second-order valence-electron chi connectivity index (χ2n) is 5.87. The van der Waals surface area contributed by atoms with Gasteiger partial charge in [-0.05, 0) is 25.1 Å². The summed E-state index contributed by atoms with van der Waals surface area (Å²) in [6, 6.07) is 12.5. The molecule has 112 valence electrons. The summed E-state index contributed by atoms with van der Waals surface area (Å²) in [5.41, 5.74) is 3.80. The van der Waals surface area contributed by atoms with Gasteiger partial charge in [-0.2, -0.15) is 0 Å². The Bertz CT molecular complexity index is 875. The molecule has 3 aliphatic rings. The van der Waals surface area contributed by atoms with Crippen molar-refractivity contribution in [1.82, 2.24) is 9.56 Å². The van der Waals surface area contributed by atoms with Gasteiger partial charge in [-0.15, -0.1) is 0 Å². The maximum atomic E-state index is 6.13. The molecule has 1 fully saturated rings. The summed E-state index contributed by atoms with van der Waals surface area (Å²) < 4.78 is 8.49. The Morgan fingerprint density at radius 1 is 1.18 bits per heavy atom. The van der Waals surface area contributed by atoms with Crippen LogP contribution in [0.1, 0.15) is 13.3 Å². The number of aromatic nitrogens is 1.